The fraction of sp³-hybridized carbons (Fsp3) is 0.429. The lowest BCUT2D eigenvalue weighted by Gasteiger charge is -2.33. The maximum Gasteiger partial charge on any atom is 0.118 e. The predicted octanol–water partition coefficient (Wildman–Crippen LogP) is 5.37. The molecule has 0 amide bonds. The molecule has 4 heteroatoms. The van der Waals surface area contributed by atoms with E-state index in [4.69, 9.17) is 0 Å². The fourth-order valence-electron chi connectivity index (χ4n) is 3.29. The second kappa shape index (κ2) is 7.26. The lowest BCUT2D eigenvalue weighted by atomic mass is 9.72. The van der Waals surface area contributed by atoms with Crippen molar-refractivity contribution >= 4 is 11.0 Å². The van der Waals surface area contributed by atoms with E-state index < -0.39 is 0 Å². The van der Waals surface area contributed by atoms with Gasteiger partial charge in [-0.3, -0.25) is 0 Å². The van der Waals surface area contributed by atoms with Gasteiger partial charge in [0, 0.05) is 0 Å². The summed E-state index contributed by atoms with van der Waals surface area (Å²) in [5.41, 5.74) is 4.55. The Balaban J connectivity index is 0.000000208. The number of hydrogen-bond acceptors (Lipinski definition) is 3. The van der Waals surface area contributed by atoms with E-state index in [2.05, 4.69) is 56.1 Å². The Bertz CT molecular complexity index is 798. The van der Waals surface area contributed by atoms with Gasteiger partial charge in [0.2, 0.25) is 0 Å². The van der Waals surface area contributed by atoms with Gasteiger partial charge in [0.15, 0.2) is 0 Å². The van der Waals surface area contributed by atoms with E-state index in [-0.39, 0.29) is 5.41 Å². The number of rotatable bonds is 2. The summed E-state index contributed by atoms with van der Waals surface area (Å²) in [6.07, 6.45) is 1.13. The standard InChI is InChI=1S/C15H24O.C6H5N3/c1-11-9-12(7-8-13(11)16)15(5,6)10-14(2,3)4;1-2-4-6-5(3-1)7-9-8-6/h7-9,16H,10H2,1-6H3;1-4H,(H,7,8,9). The Morgan fingerprint density at radius 1 is 0.920 bits per heavy atom. The van der Waals surface area contributed by atoms with Crippen LogP contribution < -0.4 is 0 Å². The van der Waals surface area contributed by atoms with E-state index in [1.807, 2.05) is 37.3 Å². The van der Waals surface area contributed by atoms with Crippen LogP contribution in [-0.4, -0.2) is 20.5 Å². The van der Waals surface area contributed by atoms with Gasteiger partial charge in [-0.25, -0.2) is 0 Å². The first-order valence-electron chi connectivity index (χ1n) is 8.64. The van der Waals surface area contributed by atoms with Crippen molar-refractivity contribution in [3.8, 4) is 5.75 Å². The molecular formula is C21H29N3O. The Morgan fingerprint density at radius 2 is 1.48 bits per heavy atom. The molecule has 134 valence electrons. The number of phenolic OH excluding ortho intramolecular Hbond substituents is 1. The van der Waals surface area contributed by atoms with Crippen molar-refractivity contribution in [2.45, 2.75) is 53.4 Å². The number of para-hydroxylation sites is 2. The molecule has 0 fully saturated rings. The van der Waals surface area contributed by atoms with E-state index in [9.17, 15) is 5.11 Å². The second-order valence-electron chi connectivity index (χ2n) is 8.43. The third-order valence-electron chi connectivity index (χ3n) is 4.17. The molecule has 0 aliphatic carbocycles. The van der Waals surface area contributed by atoms with Gasteiger partial charge in [0.1, 0.15) is 16.8 Å². The molecule has 0 saturated carbocycles. The maximum absolute atomic E-state index is 9.54. The lowest BCUT2D eigenvalue weighted by Crippen LogP contribution is -2.24. The predicted molar refractivity (Wildman–Crippen MR) is 104 cm³/mol. The summed E-state index contributed by atoms with van der Waals surface area (Å²) in [7, 11) is 0. The number of nitrogens with one attached hydrogen (secondary N) is 1. The van der Waals surface area contributed by atoms with Crippen LogP contribution in [0, 0.1) is 12.3 Å². The zero-order chi connectivity index (χ0) is 18.7. The van der Waals surface area contributed by atoms with Gasteiger partial charge >= 0.3 is 0 Å². The minimum atomic E-state index is 0.150. The Labute approximate surface area is 150 Å². The number of nitrogens with zero attached hydrogens (tertiary/aromatic N) is 2. The van der Waals surface area contributed by atoms with Crippen molar-refractivity contribution in [2.24, 2.45) is 5.41 Å². The third-order valence-corrected chi connectivity index (χ3v) is 4.17. The number of phenols is 1. The van der Waals surface area contributed by atoms with Crippen LogP contribution >= 0.6 is 0 Å². The number of aryl methyl sites for hydroxylation is 1. The molecule has 0 saturated heterocycles. The summed E-state index contributed by atoms with van der Waals surface area (Å²) in [4.78, 5) is 0. The largest absolute Gasteiger partial charge is 0.508 e. The third kappa shape index (κ3) is 5.31. The fourth-order valence-corrected chi connectivity index (χ4v) is 3.29. The minimum absolute atomic E-state index is 0.150. The average molecular weight is 339 g/mol. The van der Waals surface area contributed by atoms with Gasteiger partial charge in [0.25, 0.3) is 0 Å². The van der Waals surface area contributed by atoms with E-state index in [1.165, 1.54) is 5.56 Å². The van der Waals surface area contributed by atoms with Crippen molar-refractivity contribution in [1.29, 1.82) is 0 Å². The molecule has 2 N–H and O–H groups in total. The highest BCUT2D eigenvalue weighted by atomic mass is 16.3. The monoisotopic (exact) mass is 339 g/mol. The summed E-state index contributed by atoms with van der Waals surface area (Å²) in [6.45, 7) is 13.3. The zero-order valence-corrected chi connectivity index (χ0v) is 16.1. The molecule has 0 aliphatic rings. The number of H-pyrrole nitrogens is 1. The second-order valence-corrected chi connectivity index (χ2v) is 8.43. The number of aromatic hydroxyl groups is 1. The van der Waals surface area contributed by atoms with E-state index in [0.29, 0.717) is 11.2 Å². The summed E-state index contributed by atoms with van der Waals surface area (Å²) < 4.78 is 0. The Hall–Kier alpha value is -2.36. The van der Waals surface area contributed by atoms with E-state index >= 15 is 0 Å². The first-order chi connectivity index (χ1) is 11.6. The van der Waals surface area contributed by atoms with E-state index in [0.717, 1.165) is 23.0 Å². The van der Waals surface area contributed by atoms with Gasteiger partial charge in [-0.1, -0.05) is 58.9 Å². The number of aromatic amines is 1. The molecular weight excluding hydrogens is 310 g/mol. The van der Waals surface area contributed by atoms with Crippen LogP contribution in [-0.2, 0) is 5.41 Å². The van der Waals surface area contributed by atoms with Crippen molar-refractivity contribution in [3.05, 3.63) is 53.6 Å². The van der Waals surface area contributed by atoms with Crippen molar-refractivity contribution in [1.82, 2.24) is 15.4 Å². The van der Waals surface area contributed by atoms with Gasteiger partial charge in [0.05, 0.1) is 0 Å². The quantitative estimate of drug-likeness (QED) is 0.659. The zero-order valence-electron chi connectivity index (χ0n) is 16.1. The van der Waals surface area contributed by atoms with Crippen LogP contribution in [0.5, 0.6) is 5.75 Å². The highest BCUT2D eigenvalue weighted by Crippen LogP contribution is 2.37. The lowest BCUT2D eigenvalue weighted by molar-refractivity contribution is 0.284. The molecule has 0 bridgehead atoms. The molecule has 1 aromatic heterocycles. The highest BCUT2D eigenvalue weighted by molar-refractivity contribution is 5.72. The highest BCUT2D eigenvalue weighted by Gasteiger charge is 2.27. The summed E-state index contributed by atoms with van der Waals surface area (Å²) >= 11 is 0. The van der Waals surface area contributed by atoms with Gasteiger partial charge in [-0.2, -0.15) is 15.4 Å². The maximum atomic E-state index is 9.54. The topological polar surface area (TPSA) is 61.8 Å². The number of benzene rings is 2. The molecule has 4 nitrogen and oxygen atoms in total. The van der Waals surface area contributed by atoms with Crippen LogP contribution in [0.25, 0.3) is 11.0 Å². The first-order valence-corrected chi connectivity index (χ1v) is 8.64. The Kier molecular flexibility index (Phi) is 5.51. The molecule has 3 rings (SSSR count). The number of aromatic nitrogens is 3. The SMILES string of the molecule is Cc1cc(C(C)(C)CC(C)(C)C)ccc1O.c1ccc2n[nH]nc2c1. The minimum Gasteiger partial charge on any atom is -0.508 e. The van der Waals surface area contributed by atoms with Crippen molar-refractivity contribution in [2.75, 3.05) is 0 Å². The van der Waals surface area contributed by atoms with Crippen LogP contribution in [0.15, 0.2) is 42.5 Å². The van der Waals surface area contributed by atoms with Gasteiger partial charge in [-0.15, -0.1) is 0 Å². The number of fused-ring (bicyclic) bond motifs is 1. The average Bonchev–Trinajstić information content (AvgIpc) is 2.96. The van der Waals surface area contributed by atoms with Crippen molar-refractivity contribution < 1.29 is 5.11 Å². The smallest absolute Gasteiger partial charge is 0.118 e. The Morgan fingerprint density at radius 3 is 1.96 bits per heavy atom. The molecule has 3 aromatic rings. The van der Waals surface area contributed by atoms with Crippen molar-refractivity contribution in [3.63, 3.8) is 0 Å². The normalized spacial score (nSPS) is 11.9. The first kappa shape index (κ1) is 19.0. The van der Waals surface area contributed by atoms with E-state index in [1.54, 1.807) is 6.07 Å². The molecule has 1 heterocycles. The molecule has 0 atom stereocenters. The van der Waals surface area contributed by atoms with Crippen LogP contribution in [0.1, 0.15) is 52.2 Å². The molecule has 0 aliphatic heterocycles. The molecule has 0 radical (unpaired) electrons. The molecule has 2 aromatic carbocycles. The van der Waals surface area contributed by atoms with Crippen LogP contribution in [0.4, 0.5) is 0 Å². The summed E-state index contributed by atoms with van der Waals surface area (Å²) in [5.74, 6) is 0.385. The summed E-state index contributed by atoms with van der Waals surface area (Å²) in [6, 6.07) is 13.6. The molecule has 0 unspecified atom stereocenters. The van der Waals surface area contributed by atoms with Crippen LogP contribution in [0.2, 0.25) is 0 Å². The van der Waals surface area contributed by atoms with Crippen LogP contribution in [0.3, 0.4) is 0 Å². The number of hydrogen-bond donors (Lipinski definition) is 2. The van der Waals surface area contributed by atoms with Gasteiger partial charge in [-0.05, 0) is 53.5 Å². The molecule has 25 heavy (non-hydrogen) atoms. The summed E-state index contributed by atoms with van der Waals surface area (Å²) in [5, 5.41) is 19.8. The molecule has 0 spiro atoms. The van der Waals surface area contributed by atoms with Gasteiger partial charge < -0.3 is 5.11 Å².